The maximum atomic E-state index is 11.6. The molecule has 0 saturated heterocycles. The summed E-state index contributed by atoms with van der Waals surface area (Å²) in [6.45, 7) is 0.288. The van der Waals surface area contributed by atoms with Gasteiger partial charge in [-0.2, -0.15) is 0 Å². The van der Waals surface area contributed by atoms with Gasteiger partial charge in [0.15, 0.2) is 14.7 Å². The Morgan fingerprint density at radius 1 is 1.19 bits per heavy atom. The van der Waals surface area contributed by atoms with Crippen molar-refractivity contribution in [2.45, 2.75) is 11.4 Å². The largest absolute Gasteiger partial charge is 0.495 e. The van der Waals surface area contributed by atoms with Gasteiger partial charge >= 0.3 is 0 Å². The van der Waals surface area contributed by atoms with Crippen molar-refractivity contribution in [1.82, 2.24) is 0 Å². The van der Waals surface area contributed by atoms with Crippen molar-refractivity contribution in [3.05, 3.63) is 17.7 Å². The molecule has 0 bridgehead atoms. The smallest absolute Gasteiger partial charge is 0.182 e. The summed E-state index contributed by atoms with van der Waals surface area (Å²) in [4.78, 5) is 0.0506. The number of hydrogen-bond acceptors (Lipinski definition) is 5. The fraction of sp³-hybridized carbons (Fsp3) is 0.400. The quantitative estimate of drug-likeness (QED) is 0.838. The van der Waals surface area contributed by atoms with Gasteiger partial charge in [-0.1, -0.05) is 0 Å². The minimum absolute atomic E-state index is 0.0506. The van der Waals surface area contributed by atoms with Crippen LogP contribution < -0.4 is 15.2 Å². The van der Waals surface area contributed by atoms with E-state index in [2.05, 4.69) is 0 Å². The average Bonchev–Trinajstić information content (AvgIpc) is 2.25. The zero-order valence-corrected chi connectivity index (χ0v) is 10.3. The van der Waals surface area contributed by atoms with E-state index < -0.39 is 9.84 Å². The van der Waals surface area contributed by atoms with Crippen LogP contribution in [0.15, 0.2) is 17.0 Å². The van der Waals surface area contributed by atoms with Crippen molar-refractivity contribution in [1.29, 1.82) is 0 Å². The molecule has 2 N–H and O–H groups in total. The molecule has 90 valence electrons. The molecular formula is C10H15NO4S. The Kier molecular flexibility index (Phi) is 3.77. The molecule has 0 aromatic heterocycles. The molecule has 5 nitrogen and oxygen atoms in total. The third-order valence-electron chi connectivity index (χ3n) is 2.13. The Bertz CT molecular complexity index is 457. The van der Waals surface area contributed by atoms with Crippen molar-refractivity contribution >= 4 is 9.84 Å². The number of nitrogens with two attached hydrogens (primary N) is 1. The van der Waals surface area contributed by atoms with E-state index in [1.54, 1.807) is 12.1 Å². The second kappa shape index (κ2) is 4.71. The SMILES string of the molecule is COc1cc(CN)cc(OC)c1S(C)(=O)=O. The van der Waals surface area contributed by atoms with Crippen LogP contribution in [0.5, 0.6) is 11.5 Å². The normalized spacial score (nSPS) is 11.2. The van der Waals surface area contributed by atoms with Crippen LogP contribution >= 0.6 is 0 Å². The second-order valence-electron chi connectivity index (χ2n) is 3.31. The van der Waals surface area contributed by atoms with Crippen LogP contribution in [0.1, 0.15) is 5.56 Å². The van der Waals surface area contributed by atoms with Gasteiger partial charge in [-0.25, -0.2) is 8.42 Å². The molecule has 16 heavy (non-hydrogen) atoms. The Labute approximate surface area is 95.1 Å². The number of ether oxygens (including phenoxy) is 2. The zero-order valence-electron chi connectivity index (χ0n) is 9.48. The molecule has 0 atom stereocenters. The van der Waals surface area contributed by atoms with Gasteiger partial charge in [-0.15, -0.1) is 0 Å². The fourth-order valence-electron chi connectivity index (χ4n) is 1.42. The maximum absolute atomic E-state index is 11.6. The molecule has 0 aliphatic heterocycles. The van der Waals surface area contributed by atoms with Gasteiger partial charge in [0, 0.05) is 12.8 Å². The highest BCUT2D eigenvalue weighted by molar-refractivity contribution is 7.91. The molecule has 0 fully saturated rings. The number of sulfone groups is 1. The molecule has 0 unspecified atom stereocenters. The number of hydrogen-bond donors (Lipinski definition) is 1. The molecule has 1 aromatic carbocycles. The first-order valence-electron chi connectivity index (χ1n) is 4.59. The lowest BCUT2D eigenvalue weighted by Gasteiger charge is -2.13. The van der Waals surface area contributed by atoms with Gasteiger partial charge in [0.25, 0.3) is 0 Å². The minimum atomic E-state index is -3.40. The van der Waals surface area contributed by atoms with E-state index in [0.717, 1.165) is 11.8 Å². The van der Waals surface area contributed by atoms with Crippen molar-refractivity contribution in [3.63, 3.8) is 0 Å². The summed E-state index contributed by atoms with van der Waals surface area (Å²) in [7, 11) is -0.591. The van der Waals surface area contributed by atoms with E-state index in [9.17, 15) is 8.42 Å². The summed E-state index contributed by atoms with van der Waals surface area (Å²) in [5, 5.41) is 0. The lowest BCUT2D eigenvalue weighted by Crippen LogP contribution is -2.06. The van der Waals surface area contributed by atoms with Gasteiger partial charge < -0.3 is 15.2 Å². The monoisotopic (exact) mass is 245 g/mol. The fourth-order valence-corrected chi connectivity index (χ4v) is 2.43. The summed E-state index contributed by atoms with van der Waals surface area (Å²) in [5.74, 6) is 0.504. The molecule has 0 amide bonds. The zero-order chi connectivity index (χ0) is 12.3. The average molecular weight is 245 g/mol. The number of benzene rings is 1. The van der Waals surface area contributed by atoms with Gasteiger partial charge in [0.1, 0.15) is 11.5 Å². The van der Waals surface area contributed by atoms with Crippen LogP contribution in [0.25, 0.3) is 0 Å². The van der Waals surface area contributed by atoms with Gasteiger partial charge in [0.05, 0.1) is 14.2 Å². The molecule has 0 heterocycles. The van der Waals surface area contributed by atoms with Crippen LogP contribution in [0, 0.1) is 0 Å². The molecule has 0 spiro atoms. The van der Waals surface area contributed by atoms with Gasteiger partial charge in [0.2, 0.25) is 0 Å². The van der Waals surface area contributed by atoms with Crippen molar-refractivity contribution in [2.75, 3.05) is 20.5 Å². The lowest BCUT2D eigenvalue weighted by molar-refractivity contribution is 0.372. The molecule has 0 aliphatic carbocycles. The van der Waals surface area contributed by atoms with Crippen molar-refractivity contribution in [2.24, 2.45) is 5.73 Å². The molecule has 0 saturated carbocycles. The van der Waals surface area contributed by atoms with Gasteiger partial charge in [-0.05, 0) is 17.7 Å². The van der Waals surface area contributed by atoms with E-state index in [0.29, 0.717) is 0 Å². The third-order valence-corrected chi connectivity index (χ3v) is 3.27. The van der Waals surface area contributed by atoms with E-state index in [4.69, 9.17) is 15.2 Å². The van der Waals surface area contributed by atoms with E-state index >= 15 is 0 Å². The maximum Gasteiger partial charge on any atom is 0.182 e. The Morgan fingerprint density at radius 3 is 1.88 bits per heavy atom. The molecule has 0 radical (unpaired) electrons. The van der Waals surface area contributed by atoms with Crippen LogP contribution in [0.2, 0.25) is 0 Å². The van der Waals surface area contributed by atoms with E-state index in [-0.39, 0.29) is 22.9 Å². The van der Waals surface area contributed by atoms with Crippen LogP contribution in [-0.4, -0.2) is 28.9 Å². The van der Waals surface area contributed by atoms with E-state index in [1.807, 2.05) is 0 Å². The summed E-state index contributed by atoms with van der Waals surface area (Å²) in [6.07, 6.45) is 1.11. The van der Waals surface area contributed by atoms with Crippen LogP contribution in [-0.2, 0) is 16.4 Å². The predicted molar refractivity (Wildman–Crippen MR) is 60.5 cm³/mol. The topological polar surface area (TPSA) is 78.6 Å². The highest BCUT2D eigenvalue weighted by Crippen LogP contribution is 2.34. The molecule has 1 aromatic rings. The molecule has 6 heteroatoms. The van der Waals surface area contributed by atoms with Gasteiger partial charge in [-0.3, -0.25) is 0 Å². The summed E-state index contributed by atoms with van der Waals surface area (Å²) >= 11 is 0. The van der Waals surface area contributed by atoms with Crippen LogP contribution in [0.3, 0.4) is 0 Å². The second-order valence-corrected chi connectivity index (χ2v) is 5.26. The third kappa shape index (κ3) is 2.45. The number of methoxy groups -OCH3 is 2. The minimum Gasteiger partial charge on any atom is -0.495 e. The number of rotatable bonds is 4. The first-order chi connectivity index (χ1) is 7.43. The highest BCUT2D eigenvalue weighted by Gasteiger charge is 2.21. The molecular weight excluding hydrogens is 230 g/mol. The predicted octanol–water partition coefficient (Wildman–Crippen LogP) is 0.566. The summed E-state index contributed by atoms with van der Waals surface area (Å²) in [6, 6.07) is 3.19. The van der Waals surface area contributed by atoms with Crippen molar-refractivity contribution in [3.8, 4) is 11.5 Å². The summed E-state index contributed by atoms with van der Waals surface area (Å²) in [5.41, 5.74) is 6.25. The van der Waals surface area contributed by atoms with Crippen molar-refractivity contribution < 1.29 is 17.9 Å². The first-order valence-corrected chi connectivity index (χ1v) is 6.48. The lowest BCUT2D eigenvalue weighted by atomic mass is 10.2. The molecule has 1 rings (SSSR count). The Balaban J connectivity index is 3.57. The highest BCUT2D eigenvalue weighted by atomic mass is 32.2. The van der Waals surface area contributed by atoms with E-state index in [1.165, 1.54) is 14.2 Å². The molecule has 0 aliphatic rings. The van der Waals surface area contributed by atoms with Crippen LogP contribution in [0.4, 0.5) is 0 Å². The Morgan fingerprint density at radius 2 is 1.62 bits per heavy atom. The first kappa shape index (κ1) is 12.8. The Hall–Kier alpha value is -1.27. The summed E-state index contributed by atoms with van der Waals surface area (Å²) < 4.78 is 33.3. The standard InChI is InChI=1S/C10H15NO4S/c1-14-8-4-7(6-11)5-9(15-2)10(8)16(3,12)13/h4-5H,6,11H2,1-3H3.